The Balaban J connectivity index is 6.68. The molecule has 2 atom stereocenters. The molecule has 0 fully saturated rings. The van der Waals surface area contributed by atoms with Crippen molar-refractivity contribution in [2.75, 3.05) is 13.6 Å². The molecule has 6 heteroatoms. The normalized spacial score (nSPS) is 15.2. The Morgan fingerprint density at radius 2 is 1.72 bits per heavy atom. The Hall–Kier alpha value is -3.81. The fourth-order valence-electron chi connectivity index (χ4n) is 4.56. The molecule has 0 aliphatic rings. The van der Waals surface area contributed by atoms with Crippen molar-refractivity contribution in [3.05, 3.63) is 88.5 Å². The lowest BCUT2D eigenvalue weighted by molar-refractivity contribution is 0.0150. The molecule has 1 amide bonds. The standard InChI is InChI=1S/C37H55N3O3/c1-16-27(8)33(21-31(17-2)22-38)28(9)20-34(41)35(30(11)39-15)32(25(5)6)19-26(7)18-29(10)40(23-24(3)4)36(42)43-37(12,13)14/h17,20-21,24,28-29,41H,1,5,7,18-19,23H2,2-4,6,8-15H3/b31-17+,33-21+,34-20+,35-32+,39-30-/t28?,29-/m1/s1. The lowest BCUT2D eigenvalue weighted by Gasteiger charge is -2.33. The van der Waals surface area contributed by atoms with Gasteiger partial charge in [0.15, 0.2) is 0 Å². The Morgan fingerprint density at radius 1 is 1.14 bits per heavy atom. The lowest BCUT2D eigenvalue weighted by Crippen LogP contribution is -2.44. The van der Waals surface area contributed by atoms with Crippen LogP contribution in [0, 0.1) is 23.2 Å². The fourth-order valence-corrected chi connectivity index (χ4v) is 4.56. The Kier molecular flexibility index (Phi) is 16.4. The highest BCUT2D eigenvalue weighted by molar-refractivity contribution is 6.03. The summed E-state index contributed by atoms with van der Waals surface area (Å²) in [7, 11) is 1.69. The van der Waals surface area contributed by atoms with E-state index in [9.17, 15) is 15.2 Å². The summed E-state index contributed by atoms with van der Waals surface area (Å²) < 4.78 is 5.70. The maximum Gasteiger partial charge on any atom is 0.410 e. The summed E-state index contributed by atoms with van der Waals surface area (Å²) in [6.45, 7) is 34.0. The van der Waals surface area contributed by atoms with E-state index in [4.69, 9.17) is 4.74 Å². The molecule has 0 spiro atoms. The Labute approximate surface area is 261 Å². The van der Waals surface area contributed by atoms with Crippen LogP contribution in [0.5, 0.6) is 0 Å². The minimum Gasteiger partial charge on any atom is -0.508 e. The van der Waals surface area contributed by atoms with Crippen LogP contribution in [0.3, 0.4) is 0 Å². The van der Waals surface area contributed by atoms with Crippen molar-refractivity contribution in [2.45, 2.75) is 101 Å². The van der Waals surface area contributed by atoms with E-state index in [0.717, 1.165) is 27.9 Å². The zero-order valence-electron chi connectivity index (χ0n) is 28.8. The predicted molar refractivity (Wildman–Crippen MR) is 182 cm³/mol. The molecule has 0 saturated heterocycles. The summed E-state index contributed by atoms with van der Waals surface area (Å²) in [5, 5.41) is 21.0. The van der Waals surface area contributed by atoms with Gasteiger partial charge < -0.3 is 14.7 Å². The summed E-state index contributed by atoms with van der Waals surface area (Å²) in [5.74, 6) is 0.0698. The first-order chi connectivity index (χ1) is 19.8. The number of allylic oxidation sites excluding steroid dienone is 9. The molecule has 43 heavy (non-hydrogen) atoms. The summed E-state index contributed by atoms with van der Waals surface area (Å²) in [6.07, 6.45) is 5.94. The van der Waals surface area contributed by atoms with Crippen LogP contribution in [0.1, 0.15) is 89.0 Å². The molecule has 0 saturated carbocycles. The van der Waals surface area contributed by atoms with Gasteiger partial charge in [-0.2, -0.15) is 5.26 Å². The molecule has 0 aromatic heterocycles. The van der Waals surface area contributed by atoms with Gasteiger partial charge in [0, 0.05) is 42.4 Å². The minimum absolute atomic E-state index is 0.0615. The van der Waals surface area contributed by atoms with Gasteiger partial charge in [-0.15, -0.1) is 5.73 Å². The van der Waals surface area contributed by atoms with Gasteiger partial charge in [0.2, 0.25) is 0 Å². The van der Waals surface area contributed by atoms with Gasteiger partial charge in [-0.1, -0.05) is 57.7 Å². The zero-order valence-corrected chi connectivity index (χ0v) is 28.8. The Morgan fingerprint density at radius 3 is 2.14 bits per heavy atom. The molecule has 1 N–H and O–H groups in total. The highest BCUT2D eigenvalue weighted by Crippen LogP contribution is 2.31. The van der Waals surface area contributed by atoms with E-state index in [0.29, 0.717) is 36.2 Å². The second-order valence-corrected chi connectivity index (χ2v) is 12.5. The number of aliphatic hydroxyl groups excluding tert-OH is 1. The van der Waals surface area contributed by atoms with Crippen molar-refractivity contribution in [3.63, 3.8) is 0 Å². The molecule has 0 rings (SSSR count). The fraction of sp³-hybridized carbons (Fsp3) is 0.514. The first-order valence-electron chi connectivity index (χ1n) is 14.9. The lowest BCUT2D eigenvalue weighted by atomic mass is 9.87. The number of carbonyl (C=O) groups is 1. The molecule has 0 bridgehead atoms. The van der Waals surface area contributed by atoms with Crippen LogP contribution in [0.2, 0.25) is 0 Å². The third-order valence-electron chi connectivity index (χ3n) is 6.85. The number of carbonyl (C=O) groups excluding carboxylic acids is 1. The molecule has 236 valence electrons. The smallest absolute Gasteiger partial charge is 0.410 e. The van der Waals surface area contributed by atoms with E-state index in [-0.39, 0.29) is 29.7 Å². The van der Waals surface area contributed by atoms with E-state index < -0.39 is 5.60 Å². The van der Waals surface area contributed by atoms with Gasteiger partial charge in [-0.25, -0.2) is 4.79 Å². The number of amides is 1. The highest BCUT2D eigenvalue weighted by Gasteiger charge is 2.27. The van der Waals surface area contributed by atoms with Gasteiger partial charge in [0.1, 0.15) is 11.4 Å². The van der Waals surface area contributed by atoms with E-state index in [2.05, 4.69) is 50.4 Å². The van der Waals surface area contributed by atoms with Gasteiger partial charge in [0.05, 0.1) is 6.07 Å². The highest BCUT2D eigenvalue weighted by atomic mass is 16.6. The van der Waals surface area contributed by atoms with Crippen molar-refractivity contribution in [2.24, 2.45) is 16.8 Å². The number of hydrogen-bond acceptors (Lipinski definition) is 5. The van der Waals surface area contributed by atoms with Crippen molar-refractivity contribution in [1.82, 2.24) is 4.90 Å². The predicted octanol–water partition coefficient (Wildman–Crippen LogP) is 9.77. The molecule has 6 nitrogen and oxygen atoms in total. The van der Waals surface area contributed by atoms with Crippen molar-refractivity contribution >= 4 is 11.8 Å². The topological polar surface area (TPSA) is 85.9 Å². The van der Waals surface area contributed by atoms with E-state index in [1.165, 1.54) is 0 Å². The van der Waals surface area contributed by atoms with Gasteiger partial charge in [-0.05, 0) is 103 Å². The number of nitrogens with zero attached hydrogens (tertiary/aromatic N) is 3. The largest absolute Gasteiger partial charge is 0.508 e. The number of aliphatic imine (C=N–C) groups is 1. The SMILES string of the molecule is C=C=C(C)/C(=C\C(C#N)=C/C)C(C)\C=C(O)/C(C(/C)=N\C)=C(\CC(=C)C[C@@H](C)N(CC(C)C)C(=O)OC(C)(C)C)C(=C)C. The van der Waals surface area contributed by atoms with E-state index >= 15 is 0 Å². The first kappa shape index (κ1) is 39.2. The maximum atomic E-state index is 13.1. The van der Waals surface area contributed by atoms with Crippen molar-refractivity contribution < 1.29 is 14.6 Å². The quantitative estimate of drug-likeness (QED) is 0.0546. The molecule has 0 aliphatic heterocycles. The summed E-state index contributed by atoms with van der Waals surface area (Å²) in [6, 6.07) is 2.04. The van der Waals surface area contributed by atoms with Gasteiger partial charge in [-0.3, -0.25) is 4.99 Å². The number of rotatable bonds is 14. The van der Waals surface area contributed by atoms with Crippen LogP contribution in [0.25, 0.3) is 0 Å². The number of ether oxygens (including phenoxy) is 1. The monoisotopic (exact) mass is 589 g/mol. The molecule has 0 radical (unpaired) electrons. The molecule has 1 unspecified atom stereocenters. The van der Waals surface area contributed by atoms with Crippen molar-refractivity contribution in [1.29, 1.82) is 5.26 Å². The third-order valence-corrected chi connectivity index (χ3v) is 6.85. The Bertz CT molecular complexity index is 1280. The number of aliphatic hydroxyl groups is 1. The maximum absolute atomic E-state index is 13.1. The molecular formula is C37H55N3O3. The molecule has 0 aromatic carbocycles. The number of hydrogen-bond donors (Lipinski definition) is 1. The van der Waals surface area contributed by atoms with Crippen LogP contribution in [0.15, 0.2) is 93.5 Å². The van der Waals surface area contributed by atoms with Gasteiger partial charge >= 0.3 is 6.09 Å². The molecule has 0 heterocycles. The van der Waals surface area contributed by atoms with Crippen LogP contribution < -0.4 is 0 Å². The van der Waals surface area contributed by atoms with Crippen molar-refractivity contribution in [3.8, 4) is 6.07 Å². The summed E-state index contributed by atoms with van der Waals surface area (Å²) in [5.41, 5.74) is 8.18. The van der Waals surface area contributed by atoms with Crippen LogP contribution >= 0.6 is 0 Å². The second-order valence-electron chi connectivity index (χ2n) is 12.5. The molecule has 0 aromatic rings. The van der Waals surface area contributed by atoms with Crippen LogP contribution in [-0.4, -0.2) is 47.0 Å². The summed E-state index contributed by atoms with van der Waals surface area (Å²) >= 11 is 0. The van der Waals surface area contributed by atoms with Gasteiger partial charge in [0.25, 0.3) is 0 Å². The van der Waals surface area contributed by atoms with E-state index in [1.54, 1.807) is 30.2 Å². The number of nitriles is 1. The molecular weight excluding hydrogens is 534 g/mol. The zero-order chi connectivity index (χ0) is 33.7. The summed E-state index contributed by atoms with van der Waals surface area (Å²) in [4.78, 5) is 19.2. The minimum atomic E-state index is -0.593. The second kappa shape index (κ2) is 18.0. The third kappa shape index (κ3) is 13.4. The van der Waals surface area contributed by atoms with Crippen LogP contribution in [0.4, 0.5) is 4.79 Å². The molecule has 0 aliphatic carbocycles. The van der Waals surface area contributed by atoms with E-state index in [1.807, 2.05) is 62.3 Å². The average molecular weight is 590 g/mol. The average Bonchev–Trinajstić information content (AvgIpc) is 2.89. The van der Waals surface area contributed by atoms with Crippen LogP contribution in [-0.2, 0) is 4.74 Å². The first-order valence-corrected chi connectivity index (χ1v) is 14.9.